The molecule has 0 unspecified atom stereocenters. The summed E-state index contributed by atoms with van der Waals surface area (Å²) < 4.78 is 7.94. The van der Waals surface area contributed by atoms with Crippen molar-refractivity contribution in [3.05, 3.63) is 19.6 Å². The number of allylic oxidation sites excluding steroid dienone is 1. The van der Waals surface area contributed by atoms with Gasteiger partial charge in [0.2, 0.25) is 0 Å². The fourth-order valence-corrected chi connectivity index (χ4v) is 0.850. The number of hydrogen-bond acceptors (Lipinski definition) is 1. The molecule has 0 aliphatic rings. The molecular formula is C6H13ClCoOSi-2. The van der Waals surface area contributed by atoms with Gasteiger partial charge in [-0.3, -0.25) is 6.58 Å². The zero-order chi connectivity index (χ0) is 8.83. The number of rotatable bonds is 2. The zero-order valence-electron chi connectivity index (χ0n) is 6.16. The predicted octanol–water partition coefficient (Wildman–Crippen LogP) is 1.83. The fourth-order valence-electron chi connectivity index (χ4n) is 0.0945. The van der Waals surface area contributed by atoms with E-state index in [1.807, 2.05) is 0 Å². The van der Waals surface area contributed by atoms with Gasteiger partial charge >= 0.3 is 19.5 Å². The van der Waals surface area contributed by atoms with Gasteiger partial charge in [0.25, 0.3) is 0 Å². The molecule has 0 aromatic carbocycles. The van der Waals surface area contributed by atoms with Crippen molar-refractivity contribution in [2.75, 3.05) is 0 Å². The standard InChI is InChI=1S/C3H8ClSi.C3H5.Co.O/c1-2-3-5-4;1-3-2;;/h1-3,5H2;1H2,2H3;;/q2*-1;;. The first-order valence-electron chi connectivity index (χ1n) is 2.76. The monoisotopic (exact) mass is 223 g/mol. The molecule has 0 bridgehead atoms. The molecule has 0 N–H and O–H groups in total. The Morgan fingerprint density at radius 2 is 2.10 bits per heavy atom. The van der Waals surface area contributed by atoms with Crippen molar-refractivity contribution in [2.45, 2.75) is 19.4 Å². The molecule has 0 aromatic heterocycles. The van der Waals surface area contributed by atoms with Crippen LogP contribution in [0.1, 0.15) is 13.3 Å². The molecular weight excluding hydrogens is 211 g/mol. The van der Waals surface area contributed by atoms with E-state index in [-0.39, 0.29) is 8.83 Å². The van der Waals surface area contributed by atoms with Gasteiger partial charge in [0.05, 0.1) is 0 Å². The van der Waals surface area contributed by atoms with Crippen LogP contribution < -0.4 is 0 Å². The van der Waals surface area contributed by atoms with Crippen molar-refractivity contribution in [3.63, 3.8) is 0 Å². The second kappa shape index (κ2) is 33.7. The summed E-state index contributed by atoms with van der Waals surface area (Å²) >= 11 is 7.71. The number of halogens is 1. The maximum atomic E-state index is 7.94. The average Bonchev–Trinajstić information content (AvgIpc) is 1.96. The van der Waals surface area contributed by atoms with E-state index in [0.29, 0.717) is 0 Å². The molecule has 65 valence electrons. The van der Waals surface area contributed by atoms with Crippen molar-refractivity contribution in [1.29, 1.82) is 0 Å². The summed E-state index contributed by atoms with van der Waals surface area (Å²) in [7, 11) is -0.176. The first-order valence-corrected chi connectivity index (χ1v) is 6.32. The van der Waals surface area contributed by atoms with Gasteiger partial charge in [0.1, 0.15) is 8.83 Å². The molecule has 0 spiro atoms. The van der Waals surface area contributed by atoms with Gasteiger partial charge in [-0.05, 0) is 0 Å². The van der Waals surface area contributed by atoms with Crippen LogP contribution in [0, 0.1) is 13.0 Å². The molecule has 0 amide bonds. The molecule has 0 saturated heterocycles. The van der Waals surface area contributed by atoms with Gasteiger partial charge in [0.15, 0.2) is 0 Å². The molecule has 0 atom stereocenters. The molecule has 0 aromatic rings. The van der Waals surface area contributed by atoms with E-state index in [4.69, 9.17) is 14.9 Å². The normalized spacial score (nSPS) is 7.20. The third-order valence-corrected chi connectivity index (χ3v) is 1.95. The Labute approximate surface area is 78.5 Å². The van der Waals surface area contributed by atoms with Crippen LogP contribution in [-0.2, 0) is 19.5 Å². The van der Waals surface area contributed by atoms with Crippen LogP contribution in [0.4, 0.5) is 0 Å². The Hall–Kier alpha value is 0.553. The molecule has 0 heterocycles. The van der Waals surface area contributed by atoms with Crippen molar-refractivity contribution < 1.29 is 19.5 Å². The summed E-state index contributed by atoms with van der Waals surface area (Å²) in [5.74, 6) is 0. The predicted molar refractivity (Wildman–Crippen MR) is 44.4 cm³/mol. The summed E-state index contributed by atoms with van der Waals surface area (Å²) in [5.41, 5.74) is 0. The summed E-state index contributed by atoms with van der Waals surface area (Å²) in [6, 6.07) is 1.18. The first-order chi connectivity index (χ1) is 4.83. The summed E-state index contributed by atoms with van der Waals surface area (Å²) in [6.45, 7) is 8.63. The van der Waals surface area contributed by atoms with Crippen LogP contribution >= 0.6 is 11.1 Å². The van der Waals surface area contributed by atoms with Crippen molar-refractivity contribution in [2.24, 2.45) is 0 Å². The van der Waals surface area contributed by atoms with Crippen molar-refractivity contribution in [1.82, 2.24) is 0 Å². The van der Waals surface area contributed by atoms with Gasteiger partial charge in [-0.1, -0.05) is 6.04 Å². The molecule has 0 aliphatic carbocycles. The van der Waals surface area contributed by atoms with E-state index >= 15 is 0 Å². The van der Waals surface area contributed by atoms with Crippen LogP contribution in [0.25, 0.3) is 0 Å². The first kappa shape index (κ1) is 16.9. The second-order valence-corrected chi connectivity index (χ2v) is 3.47. The Morgan fingerprint density at radius 1 is 1.80 bits per heavy atom. The molecule has 1 nitrogen and oxygen atoms in total. The van der Waals surface area contributed by atoms with E-state index < -0.39 is 0 Å². The van der Waals surface area contributed by atoms with Crippen LogP contribution in [0.5, 0.6) is 0 Å². The molecule has 0 rings (SSSR count). The summed E-state index contributed by atoms with van der Waals surface area (Å²) in [4.78, 5) is 0. The molecule has 0 fully saturated rings. The van der Waals surface area contributed by atoms with E-state index in [1.54, 1.807) is 6.92 Å². The van der Waals surface area contributed by atoms with Crippen LogP contribution in [-0.4, -0.2) is 8.83 Å². The van der Waals surface area contributed by atoms with Gasteiger partial charge in [-0.2, -0.15) is 24.4 Å². The Balaban J connectivity index is -0.0000000847. The van der Waals surface area contributed by atoms with E-state index in [1.165, 1.54) is 6.04 Å². The third-order valence-electron chi connectivity index (χ3n) is 0.384. The summed E-state index contributed by atoms with van der Waals surface area (Å²) in [5, 5.41) is 0. The fraction of sp³-hybridized carbons (Fsp3) is 0.500. The van der Waals surface area contributed by atoms with Gasteiger partial charge in [0, 0.05) is 0 Å². The van der Waals surface area contributed by atoms with Gasteiger partial charge in [-0.25, -0.2) is 0 Å². The van der Waals surface area contributed by atoms with E-state index in [9.17, 15) is 0 Å². The van der Waals surface area contributed by atoms with Gasteiger partial charge in [-0.15, -0.1) is 0 Å². The average molecular weight is 224 g/mol. The van der Waals surface area contributed by atoms with Crippen molar-refractivity contribution in [3.8, 4) is 0 Å². The third kappa shape index (κ3) is 74.8. The minimum absolute atomic E-state index is 0.176. The zero-order valence-corrected chi connectivity index (χ0v) is 9.37. The number of hydrogen-bond donors (Lipinski definition) is 0. The van der Waals surface area contributed by atoms with E-state index in [0.717, 1.165) is 6.42 Å². The molecule has 0 saturated carbocycles. The SMILES string of the molecule is C=[C-]C.[CH2-]CC[SiH2]Cl.[O]=[Co]. The quantitative estimate of drug-likeness (QED) is 0.397. The van der Waals surface area contributed by atoms with Crippen LogP contribution in [0.2, 0.25) is 6.04 Å². The molecule has 0 radical (unpaired) electrons. The Morgan fingerprint density at radius 3 is 2.10 bits per heavy atom. The summed E-state index contributed by atoms with van der Waals surface area (Å²) in [6.07, 6.45) is 3.52. The van der Waals surface area contributed by atoms with Crippen LogP contribution in [0.3, 0.4) is 0 Å². The Bertz CT molecular complexity index is 53.0. The minimum atomic E-state index is -0.176. The second-order valence-electron chi connectivity index (χ2n) is 1.25. The van der Waals surface area contributed by atoms with Crippen LogP contribution in [0.15, 0.2) is 6.58 Å². The maximum absolute atomic E-state index is 7.94. The van der Waals surface area contributed by atoms with E-state index in [2.05, 4.69) is 35.2 Å². The molecule has 0 aliphatic heterocycles. The Kier molecular flexibility index (Phi) is 56.9. The topological polar surface area (TPSA) is 17.1 Å². The molecule has 4 heteroatoms. The molecule has 10 heavy (non-hydrogen) atoms. The van der Waals surface area contributed by atoms with Gasteiger partial charge < -0.3 is 13.0 Å². The van der Waals surface area contributed by atoms with Crippen molar-refractivity contribution >= 4 is 19.9 Å².